The van der Waals surface area contributed by atoms with E-state index in [1.807, 2.05) is 24.3 Å². The molecule has 19 rings (SSSR count). The number of rotatable bonds is 10. The van der Waals surface area contributed by atoms with Gasteiger partial charge in [0.05, 0.1) is 67.2 Å². The first-order chi connectivity index (χ1) is 47.5. The van der Waals surface area contributed by atoms with E-state index in [-0.39, 0.29) is 0 Å². The number of fused-ring (bicyclic) bond motifs is 12. The molecule has 96 heavy (non-hydrogen) atoms. The van der Waals surface area contributed by atoms with Gasteiger partial charge < -0.3 is 18.3 Å². The molecular weight excluding hydrogens is 1170 g/mol. The first-order valence-electron chi connectivity index (χ1n) is 32.5. The van der Waals surface area contributed by atoms with Crippen LogP contribution in [0.4, 0.5) is 0 Å². The molecule has 0 amide bonds. The maximum absolute atomic E-state index is 9.97. The molecule has 0 saturated carbocycles. The summed E-state index contributed by atoms with van der Waals surface area (Å²) in [4.78, 5) is 10.4. The number of benzene rings is 14. The maximum Gasteiger partial charge on any atom is 0.160 e. The summed E-state index contributed by atoms with van der Waals surface area (Å²) in [6, 6.07) is 122. The molecule has 0 N–H and O–H groups in total. The molecule has 5 heterocycles. The van der Waals surface area contributed by atoms with Crippen molar-refractivity contribution in [2.45, 2.75) is 0 Å². The second-order valence-corrected chi connectivity index (χ2v) is 24.8. The van der Waals surface area contributed by atoms with Crippen molar-refractivity contribution in [2.24, 2.45) is 0 Å². The van der Waals surface area contributed by atoms with Gasteiger partial charge in [-0.15, -0.1) is 0 Å². The third-order valence-electron chi connectivity index (χ3n) is 19.4. The lowest BCUT2D eigenvalue weighted by Gasteiger charge is -2.12. The molecule has 0 aliphatic heterocycles. The Morgan fingerprint density at radius 2 is 0.500 bits per heavy atom. The number of aromatic nitrogens is 6. The van der Waals surface area contributed by atoms with Crippen molar-refractivity contribution in [1.29, 1.82) is 5.26 Å². The van der Waals surface area contributed by atoms with Crippen LogP contribution in [0.15, 0.2) is 334 Å². The van der Waals surface area contributed by atoms with Gasteiger partial charge in [0.15, 0.2) is 5.82 Å². The highest BCUT2D eigenvalue weighted by Crippen LogP contribution is 2.42. The summed E-state index contributed by atoms with van der Waals surface area (Å²) in [6.07, 6.45) is 0. The lowest BCUT2D eigenvalue weighted by Crippen LogP contribution is -1.97. The summed E-state index contributed by atoms with van der Waals surface area (Å²) in [7, 11) is 0. The molecule has 7 nitrogen and oxygen atoms in total. The lowest BCUT2D eigenvalue weighted by molar-refractivity contribution is 1.17. The quantitative estimate of drug-likeness (QED) is 0.137. The first-order valence-corrected chi connectivity index (χ1v) is 32.5. The van der Waals surface area contributed by atoms with Crippen molar-refractivity contribution < 1.29 is 0 Å². The molecule has 0 spiro atoms. The fraction of sp³-hybridized carbons (Fsp3) is 0. The van der Waals surface area contributed by atoms with Gasteiger partial charge in [-0.05, 0) is 173 Å². The minimum Gasteiger partial charge on any atom is -0.309 e. The van der Waals surface area contributed by atoms with Gasteiger partial charge in [0.1, 0.15) is 0 Å². The van der Waals surface area contributed by atoms with Crippen molar-refractivity contribution in [1.82, 2.24) is 28.2 Å². The number of hydrogen-bond donors (Lipinski definition) is 0. The van der Waals surface area contributed by atoms with Crippen molar-refractivity contribution >= 4 is 87.2 Å². The molecule has 0 aliphatic rings. The Labute approximate surface area is 552 Å². The molecule has 0 aliphatic carbocycles. The Morgan fingerprint density at radius 1 is 0.208 bits per heavy atom. The average Bonchev–Trinajstić information content (AvgIpc) is 1.60. The highest BCUT2D eigenvalue weighted by Gasteiger charge is 2.20. The fourth-order valence-electron chi connectivity index (χ4n) is 14.9. The minimum atomic E-state index is 0.550. The number of para-hydroxylation sites is 6. The smallest absolute Gasteiger partial charge is 0.160 e. The molecule has 0 bridgehead atoms. The van der Waals surface area contributed by atoms with Gasteiger partial charge >= 0.3 is 0 Å². The monoisotopic (exact) mass is 1220 g/mol. The molecule has 0 fully saturated rings. The van der Waals surface area contributed by atoms with Crippen molar-refractivity contribution in [3.63, 3.8) is 0 Å². The van der Waals surface area contributed by atoms with Gasteiger partial charge in [-0.1, -0.05) is 194 Å². The molecule has 0 atom stereocenters. The molecule has 19 aromatic rings. The molecule has 14 aromatic carbocycles. The van der Waals surface area contributed by atoms with Crippen LogP contribution in [0.5, 0.6) is 0 Å². The maximum atomic E-state index is 9.97. The molecule has 7 heteroatoms. The van der Waals surface area contributed by atoms with Gasteiger partial charge in [-0.25, -0.2) is 9.97 Å². The normalized spacial score (nSPS) is 11.7. The molecule has 0 saturated heterocycles. The van der Waals surface area contributed by atoms with Crippen LogP contribution in [0.1, 0.15) is 5.56 Å². The summed E-state index contributed by atoms with van der Waals surface area (Å²) in [5, 5.41) is 19.7. The molecule has 446 valence electrons. The van der Waals surface area contributed by atoms with Gasteiger partial charge in [0.25, 0.3) is 0 Å². The van der Waals surface area contributed by atoms with Crippen molar-refractivity contribution in [2.75, 3.05) is 0 Å². The Bertz CT molecular complexity index is 6360. The number of nitrogens with zero attached hydrogens (tertiary/aromatic N) is 7. The molecule has 0 unspecified atom stereocenters. The Kier molecular flexibility index (Phi) is 12.5. The van der Waals surface area contributed by atoms with E-state index in [1.165, 1.54) is 87.4 Å². The summed E-state index contributed by atoms with van der Waals surface area (Å²) >= 11 is 0. The van der Waals surface area contributed by atoms with Crippen LogP contribution in [0.3, 0.4) is 0 Å². The summed E-state index contributed by atoms with van der Waals surface area (Å²) in [5.74, 6) is 0.550. The molecule has 5 aromatic heterocycles. The zero-order valence-corrected chi connectivity index (χ0v) is 51.9. The molecular formula is C89H55N7. The summed E-state index contributed by atoms with van der Waals surface area (Å²) in [5.41, 5.74) is 25.5. The Morgan fingerprint density at radius 3 is 0.865 bits per heavy atom. The van der Waals surface area contributed by atoms with E-state index >= 15 is 0 Å². The van der Waals surface area contributed by atoms with Gasteiger partial charge in [0, 0.05) is 82.5 Å². The first kappa shape index (κ1) is 54.6. The van der Waals surface area contributed by atoms with Gasteiger partial charge in [-0.3, -0.25) is 0 Å². The largest absolute Gasteiger partial charge is 0.309 e. The second-order valence-electron chi connectivity index (χ2n) is 24.8. The van der Waals surface area contributed by atoms with Crippen LogP contribution in [0.25, 0.3) is 177 Å². The summed E-state index contributed by atoms with van der Waals surface area (Å²) < 4.78 is 9.48. The van der Waals surface area contributed by atoms with Crippen LogP contribution in [-0.4, -0.2) is 28.2 Å². The minimum absolute atomic E-state index is 0.550. The topological polar surface area (TPSA) is 69.3 Å². The van der Waals surface area contributed by atoms with Crippen molar-refractivity contribution in [3.05, 3.63) is 339 Å². The highest BCUT2D eigenvalue weighted by molar-refractivity contribution is 6.15. The van der Waals surface area contributed by atoms with E-state index in [0.29, 0.717) is 11.4 Å². The van der Waals surface area contributed by atoms with Crippen LogP contribution < -0.4 is 0 Å². The van der Waals surface area contributed by atoms with E-state index in [0.717, 1.165) is 84.0 Å². The van der Waals surface area contributed by atoms with E-state index in [4.69, 9.17) is 9.97 Å². The number of nitriles is 1. The van der Waals surface area contributed by atoms with E-state index < -0.39 is 0 Å². The van der Waals surface area contributed by atoms with E-state index in [2.05, 4.69) is 334 Å². The van der Waals surface area contributed by atoms with Gasteiger partial charge in [-0.2, -0.15) is 5.26 Å². The predicted molar refractivity (Wildman–Crippen MR) is 397 cm³/mol. The highest BCUT2D eigenvalue weighted by atomic mass is 15.0. The zero-order chi connectivity index (χ0) is 63.4. The fourth-order valence-corrected chi connectivity index (χ4v) is 14.9. The van der Waals surface area contributed by atoms with Crippen LogP contribution >= 0.6 is 0 Å². The predicted octanol–water partition coefficient (Wildman–Crippen LogP) is 22.7. The number of hydrogen-bond acceptors (Lipinski definition) is 3. The lowest BCUT2D eigenvalue weighted by atomic mass is 10.0. The summed E-state index contributed by atoms with van der Waals surface area (Å²) in [6.45, 7) is 0. The van der Waals surface area contributed by atoms with Crippen LogP contribution in [-0.2, 0) is 0 Å². The van der Waals surface area contributed by atoms with Gasteiger partial charge in [0.2, 0.25) is 0 Å². The van der Waals surface area contributed by atoms with E-state index in [9.17, 15) is 5.26 Å². The van der Waals surface area contributed by atoms with E-state index in [1.54, 1.807) is 0 Å². The Hall–Kier alpha value is -13.2. The second kappa shape index (κ2) is 22.0. The zero-order valence-electron chi connectivity index (χ0n) is 51.9. The average molecular weight is 1220 g/mol. The molecule has 0 radical (unpaired) electrons. The third-order valence-corrected chi connectivity index (χ3v) is 19.4. The van der Waals surface area contributed by atoms with Crippen LogP contribution in [0.2, 0.25) is 0 Å². The van der Waals surface area contributed by atoms with Crippen molar-refractivity contribution in [3.8, 4) is 96.1 Å². The standard InChI is InChI=1S/C89H55N7/c90-56-57-16-15-17-66(50-57)89-91-79(55-80(92-89)61-36-44-70(45-37-61)96-84-29-14-10-25-74(84)78-54-65(41-49-88(78)96)63-39-47-86-76(52-63)72-23-8-12-27-82(72)94(86)68-20-5-2-6-21-68)60-32-30-58(31-33-60)59-34-42-69(43-35-59)95-83-28-13-9-24-73(83)77-53-64(40-48-87(77)95)62-38-46-85-75(51-62)71-22-7-11-26-81(71)93(85)67-18-3-1-4-19-67/h1-55H. The van der Waals surface area contributed by atoms with Crippen LogP contribution in [0, 0.1) is 11.3 Å². The SMILES string of the molecule is N#Cc1cccc(-c2nc(-c3ccc(-c4ccc(-n5c6ccccc6c6cc(-c7ccc8c(c7)c7ccccc7n8-c7ccccc7)ccc65)cc4)cc3)cc(-c3ccc(-n4c5ccccc5c5cc(-c6ccc7c(c6)c6ccccc6n7-c6ccccc6)ccc54)cc3)n2)c1. The third kappa shape index (κ3) is 8.89. The Balaban J connectivity index is 0.629.